The van der Waals surface area contributed by atoms with Crippen molar-refractivity contribution in [2.75, 3.05) is 13.2 Å². The summed E-state index contributed by atoms with van der Waals surface area (Å²) in [5, 5.41) is 3.84. The first-order chi connectivity index (χ1) is 8.81. The Morgan fingerprint density at radius 3 is 3.22 bits per heavy atom. The van der Waals surface area contributed by atoms with Crippen LogP contribution < -0.4 is 14.8 Å². The number of rotatable bonds is 2. The lowest BCUT2D eigenvalue weighted by atomic mass is 10.2. The van der Waals surface area contributed by atoms with Crippen LogP contribution in [-0.2, 0) is 6.54 Å². The van der Waals surface area contributed by atoms with E-state index < -0.39 is 0 Å². The third-order valence-corrected chi connectivity index (χ3v) is 3.29. The van der Waals surface area contributed by atoms with Crippen molar-refractivity contribution in [1.29, 1.82) is 0 Å². The topological polar surface area (TPSA) is 56.3 Å². The van der Waals surface area contributed by atoms with Crippen molar-refractivity contribution in [3.05, 3.63) is 29.6 Å². The molecule has 1 aliphatic heterocycles. The maximum atomic E-state index is 5.66. The molecule has 0 aliphatic carbocycles. The normalized spacial score (nSPS) is 14.5. The number of ether oxygens (including phenoxy) is 2. The van der Waals surface area contributed by atoms with E-state index in [4.69, 9.17) is 9.47 Å². The van der Waals surface area contributed by atoms with E-state index in [1.807, 2.05) is 25.1 Å². The Hall–Kier alpha value is -1.66. The van der Waals surface area contributed by atoms with Crippen molar-refractivity contribution in [3.63, 3.8) is 0 Å². The molecule has 2 aromatic rings. The van der Waals surface area contributed by atoms with E-state index in [1.165, 1.54) is 11.5 Å². The minimum Gasteiger partial charge on any atom is -0.492 e. The Bertz CT molecular complexity index is 556. The number of fused-ring (bicyclic) bond motifs is 1. The minimum absolute atomic E-state index is 0.555. The van der Waals surface area contributed by atoms with Gasteiger partial charge in [-0.15, -0.1) is 0 Å². The van der Waals surface area contributed by atoms with Gasteiger partial charge in [0.2, 0.25) is 0 Å². The van der Waals surface area contributed by atoms with E-state index in [9.17, 15) is 0 Å². The Balaban J connectivity index is 1.83. The quantitative estimate of drug-likeness (QED) is 0.899. The number of aryl methyl sites for hydroxylation is 1. The van der Waals surface area contributed by atoms with Crippen molar-refractivity contribution in [2.24, 2.45) is 0 Å². The van der Waals surface area contributed by atoms with Crippen molar-refractivity contribution >= 4 is 11.5 Å². The number of hydrogen-bond acceptors (Lipinski definition) is 6. The van der Waals surface area contributed by atoms with Crippen LogP contribution in [0.15, 0.2) is 18.2 Å². The molecule has 1 aliphatic rings. The van der Waals surface area contributed by atoms with Crippen LogP contribution in [0.25, 0.3) is 0 Å². The van der Waals surface area contributed by atoms with Gasteiger partial charge in [0, 0.05) is 36.3 Å². The Kier molecular flexibility index (Phi) is 3.12. The molecule has 3 rings (SSSR count). The molecule has 1 aromatic carbocycles. The lowest BCUT2D eigenvalue weighted by Gasteiger charge is -2.08. The first kappa shape index (κ1) is 11.4. The summed E-state index contributed by atoms with van der Waals surface area (Å²) in [6.45, 7) is 4.21. The molecule has 1 N–H and O–H groups in total. The van der Waals surface area contributed by atoms with Gasteiger partial charge in [0.15, 0.2) is 0 Å². The summed E-state index contributed by atoms with van der Waals surface area (Å²) in [4.78, 5) is 4.17. The summed E-state index contributed by atoms with van der Waals surface area (Å²) in [6.07, 6.45) is 0. The van der Waals surface area contributed by atoms with Crippen LogP contribution >= 0.6 is 11.5 Å². The Morgan fingerprint density at radius 2 is 2.39 bits per heavy atom. The number of benzene rings is 1. The van der Waals surface area contributed by atoms with Gasteiger partial charge in [-0.05, 0) is 13.0 Å². The molecule has 0 bridgehead atoms. The van der Waals surface area contributed by atoms with E-state index in [0.29, 0.717) is 11.8 Å². The fraction of sp³-hybridized carbons (Fsp3) is 0.333. The molecule has 1 aromatic heterocycles. The van der Waals surface area contributed by atoms with E-state index >= 15 is 0 Å². The third-order valence-electron chi connectivity index (χ3n) is 2.60. The molecule has 0 saturated heterocycles. The van der Waals surface area contributed by atoms with Gasteiger partial charge in [0.25, 0.3) is 5.19 Å². The monoisotopic (exact) mass is 263 g/mol. The molecule has 2 heterocycles. The predicted molar refractivity (Wildman–Crippen MR) is 68.4 cm³/mol. The summed E-state index contributed by atoms with van der Waals surface area (Å²) in [7, 11) is 0. The fourth-order valence-corrected chi connectivity index (χ4v) is 2.31. The largest absolute Gasteiger partial charge is 0.492 e. The van der Waals surface area contributed by atoms with Gasteiger partial charge in [-0.25, -0.2) is 0 Å². The highest BCUT2D eigenvalue weighted by Crippen LogP contribution is 2.29. The molecule has 0 fully saturated rings. The molecule has 5 nitrogen and oxygen atoms in total. The second kappa shape index (κ2) is 4.91. The van der Waals surface area contributed by atoms with Gasteiger partial charge in [-0.2, -0.15) is 9.36 Å². The highest BCUT2D eigenvalue weighted by atomic mass is 32.1. The molecule has 6 heteroatoms. The number of hydrogen-bond donors (Lipinski definition) is 1. The highest BCUT2D eigenvalue weighted by molar-refractivity contribution is 7.07. The summed E-state index contributed by atoms with van der Waals surface area (Å²) >= 11 is 1.25. The number of aromatic nitrogens is 2. The second-order valence-electron chi connectivity index (χ2n) is 4.00. The maximum absolute atomic E-state index is 5.66. The lowest BCUT2D eigenvalue weighted by molar-refractivity contribution is 0.324. The SMILES string of the molecule is Cc1nsc(Oc2ccc3c(c2)OCCNC3)n1. The molecular formula is C12H13N3O2S. The highest BCUT2D eigenvalue weighted by Gasteiger charge is 2.11. The first-order valence-corrected chi connectivity index (χ1v) is 6.53. The van der Waals surface area contributed by atoms with Crippen LogP contribution in [0.5, 0.6) is 16.7 Å². The molecule has 94 valence electrons. The maximum Gasteiger partial charge on any atom is 0.298 e. The lowest BCUT2D eigenvalue weighted by Crippen LogP contribution is -2.16. The molecule has 0 atom stereocenters. The smallest absolute Gasteiger partial charge is 0.298 e. The van der Waals surface area contributed by atoms with Crippen LogP contribution in [0, 0.1) is 6.92 Å². The fourth-order valence-electron chi connectivity index (χ4n) is 1.76. The molecule has 0 amide bonds. The van der Waals surface area contributed by atoms with Crippen molar-refractivity contribution < 1.29 is 9.47 Å². The van der Waals surface area contributed by atoms with Gasteiger partial charge in [-0.1, -0.05) is 6.07 Å². The molecule has 0 unspecified atom stereocenters. The summed E-state index contributed by atoms with van der Waals surface area (Å²) in [5.74, 6) is 2.33. The van der Waals surface area contributed by atoms with Crippen LogP contribution in [0.1, 0.15) is 11.4 Å². The summed E-state index contributed by atoms with van der Waals surface area (Å²) in [5.41, 5.74) is 1.15. The predicted octanol–water partition coefficient (Wildman–Crippen LogP) is 2.12. The van der Waals surface area contributed by atoms with Gasteiger partial charge in [0.1, 0.15) is 23.9 Å². The van der Waals surface area contributed by atoms with E-state index in [2.05, 4.69) is 14.7 Å². The molecule has 18 heavy (non-hydrogen) atoms. The summed E-state index contributed by atoms with van der Waals surface area (Å²) in [6, 6.07) is 5.84. The van der Waals surface area contributed by atoms with Gasteiger partial charge >= 0.3 is 0 Å². The van der Waals surface area contributed by atoms with Gasteiger partial charge in [0.05, 0.1) is 0 Å². The van der Waals surface area contributed by atoms with E-state index in [0.717, 1.165) is 36.0 Å². The summed E-state index contributed by atoms with van der Waals surface area (Å²) < 4.78 is 15.4. The number of nitrogens with zero attached hydrogens (tertiary/aromatic N) is 2. The third kappa shape index (κ3) is 2.44. The van der Waals surface area contributed by atoms with Crippen LogP contribution in [0.2, 0.25) is 0 Å². The van der Waals surface area contributed by atoms with Crippen LogP contribution in [0.3, 0.4) is 0 Å². The molecule has 0 radical (unpaired) electrons. The molecule has 0 saturated carbocycles. The zero-order valence-electron chi connectivity index (χ0n) is 9.97. The molecular weight excluding hydrogens is 250 g/mol. The van der Waals surface area contributed by atoms with Crippen molar-refractivity contribution in [1.82, 2.24) is 14.7 Å². The van der Waals surface area contributed by atoms with E-state index in [1.54, 1.807) is 0 Å². The second-order valence-corrected chi connectivity index (χ2v) is 4.72. The Morgan fingerprint density at radius 1 is 1.44 bits per heavy atom. The van der Waals surface area contributed by atoms with Crippen LogP contribution in [-0.4, -0.2) is 22.5 Å². The number of nitrogens with one attached hydrogen (secondary N) is 1. The standard InChI is InChI=1S/C12H13N3O2S/c1-8-14-12(18-15-8)17-10-3-2-9-7-13-4-5-16-11(9)6-10/h2-3,6,13H,4-5,7H2,1H3. The van der Waals surface area contributed by atoms with E-state index in [-0.39, 0.29) is 0 Å². The van der Waals surface area contributed by atoms with Crippen molar-refractivity contribution in [3.8, 4) is 16.7 Å². The van der Waals surface area contributed by atoms with Gasteiger partial charge in [-0.3, -0.25) is 0 Å². The zero-order valence-corrected chi connectivity index (χ0v) is 10.8. The van der Waals surface area contributed by atoms with Gasteiger partial charge < -0.3 is 14.8 Å². The average molecular weight is 263 g/mol. The average Bonchev–Trinajstić information content (AvgIpc) is 2.64. The van der Waals surface area contributed by atoms with Crippen LogP contribution in [0.4, 0.5) is 0 Å². The zero-order chi connectivity index (χ0) is 12.4. The Labute approximate surface area is 109 Å². The molecule has 0 spiro atoms. The minimum atomic E-state index is 0.555. The van der Waals surface area contributed by atoms with Crippen molar-refractivity contribution in [2.45, 2.75) is 13.5 Å². The first-order valence-electron chi connectivity index (χ1n) is 5.76.